The fourth-order valence-electron chi connectivity index (χ4n) is 3.02. The van der Waals surface area contributed by atoms with Crippen LogP contribution in [0.25, 0.3) is 0 Å². The van der Waals surface area contributed by atoms with Gasteiger partial charge in [-0.05, 0) is 30.4 Å². The van der Waals surface area contributed by atoms with Gasteiger partial charge in [-0.2, -0.15) is 17.4 Å². The number of para-hydroxylation sites is 1. The van der Waals surface area contributed by atoms with Crippen LogP contribution in [0.4, 0.5) is 0 Å². The van der Waals surface area contributed by atoms with E-state index in [-0.39, 0.29) is 6.10 Å². The third kappa shape index (κ3) is 3.39. The van der Waals surface area contributed by atoms with E-state index < -0.39 is 10.2 Å². The van der Waals surface area contributed by atoms with E-state index in [1.54, 1.807) is 4.31 Å². The minimum Gasteiger partial charge on any atom is -0.488 e. The molecule has 0 aromatic heterocycles. The van der Waals surface area contributed by atoms with Crippen molar-refractivity contribution < 1.29 is 13.2 Å². The molecule has 2 atom stereocenters. The van der Waals surface area contributed by atoms with Crippen molar-refractivity contribution >= 4 is 10.2 Å². The smallest absolute Gasteiger partial charge is 0.279 e. The van der Waals surface area contributed by atoms with Gasteiger partial charge < -0.3 is 4.74 Å². The summed E-state index contributed by atoms with van der Waals surface area (Å²) in [6, 6.07) is 7.86. The van der Waals surface area contributed by atoms with Crippen LogP contribution in [0.1, 0.15) is 25.3 Å². The molecule has 21 heavy (non-hydrogen) atoms. The molecule has 1 aromatic rings. The summed E-state index contributed by atoms with van der Waals surface area (Å²) < 4.78 is 34.7. The molecule has 2 unspecified atom stereocenters. The predicted octanol–water partition coefficient (Wildman–Crippen LogP) is 1.56. The highest BCUT2D eigenvalue weighted by Crippen LogP contribution is 2.28. The number of hydrogen-bond acceptors (Lipinski definition) is 3. The van der Waals surface area contributed by atoms with Gasteiger partial charge in [0.2, 0.25) is 0 Å². The summed E-state index contributed by atoms with van der Waals surface area (Å²) in [5.74, 6) is 1.30. The van der Waals surface area contributed by atoms with Crippen molar-refractivity contribution in [3.8, 4) is 5.75 Å². The molecule has 2 heterocycles. The Labute approximate surface area is 126 Å². The average molecular weight is 310 g/mol. The lowest BCUT2D eigenvalue weighted by Gasteiger charge is -2.30. The lowest BCUT2D eigenvalue weighted by molar-refractivity contribution is 0.231. The number of piperidine rings is 1. The predicted molar refractivity (Wildman–Crippen MR) is 81.5 cm³/mol. The highest BCUT2D eigenvalue weighted by molar-refractivity contribution is 7.87. The Hall–Kier alpha value is -1.11. The summed E-state index contributed by atoms with van der Waals surface area (Å²) in [6.45, 7) is 3.65. The van der Waals surface area contributed by atoms with Crippen LogP contribution >= 0.6 is 0 Å². The number of nitrogens with zero attached hydrogens (tertiary/aromatic N) is 1. The van der Waals surface area contributed by atoms with Gasteiger partial charge in [0.25, 0.3) is 10.2 Å². The zero-order valence-corrected chi connectivity index (χ0v) is 13.1. The third-order valence-electron chi connectivity index (χ3n) is 4.17. The summed E-state index contributed by atoms with van der Waals surface area (Å²) >= 11 is 0. The lowest BCUT2D eigenvalue weighted by atomic mass is 10.0. The maximum absolute atomic E-state index is 12.3. The molecule has 0 spiro atoms. The maximum Gasteiger partial charge on any atom is 0.279 e. The van der Waals surface area contributed by atoms with Gasteiger partial charge in [-0.1, -0.05) is 25.1 Å². The highest BCUT2D eigenvalue weighted by atomic mass is 32.2. The van der Waals surface area contributed by atoms with E-state index in [4.69, 9.17) is 4.74 Å². The van der Waals surface area contributed by atoms with E-state index in [1.807, 2.05) is 24.3 Å². The molecule has 0 bridgehead atoms. The van der Waals surface area contributed by atoms with Crippen molar-refractivity contribution in [2.45, 2.75) is 32.3 Å². The fraction of sp³-hybridized carbons (Fsp3) is 0.600. The average Bonchev–Trinajstić information content (AvgIpc) is 2.88. The van der Waals surface area contributed by atoms with Gasteiger partial charge in [0.15, 0.2) is 0 Å². The zero-order chi connectivity index (χ0) is 14.9. The second-order valence-corrected chi connectivity index (χ2v) is 7.77. The Morgan fingerprint density at radius 1 is 1.38 bits per heavy atom. The summed E-state index contributed by atoms with van der Waals surface area (Å²) in [5, 5.41) is 0. The SMILES string of the molecule is CC1CCCN(S(=O)(=O)NCC2Cc3ccccc3O2)C1. The Balaban J connectivity index is 1.56. The van der Waals surface area contributed by atoms with Crippen molar-refractivity contribution in [2.24, 2.45) is 5.92 Å². The minimum atomic E-state index is -3.39. The summed E-state index contributed by atoms with van der Waals surface area (Å²) in [5.41, 5.74) is 1.15. The maximum atomic E-state index is 12.3. The molecule has 116 valence electrons. The first-order valence-corrected chi connectivity index (χ1v) is 8.98. The Morgan fingerprint density at radius 3 is 2.95 bits per heavy atom. The molecule has 0 aliphatic carbocycles. The zero-order valence-electron chi connectivity index (χ0n) is 12.3. The van der Waals surface area contributed by atoms with E-state index in [0.29, 0.717) is 25.6 Å². The van der Waals surface area contributed by atoms with Gasteiger partial charge in [0, 0.05) is 26.1 Å². The highest BCUT2D eigenvalue weighted by Gasteiger charge is 2.29. The molecule has 0 saturated carbocycles. The molecule has 2 aliphatic heterocycles. The third-order valence-corrected chi connectivity index (χ3v) is 5.71. The van der Waals surface area contributed by atoms with E-state index in [9.17, 15) is 8.42 Å². The molecule has 2 aliphatic rings. The molecule has 1 N–H and O–H groups in total. The lowest BCUT2D eigenvalue weighted by Crippen LogP contribution is -2.47. The van der Waals surface area contributed by atoms with Crippen molar-refractivity contribution in [1.29, 1.82) is 0 Å². The second-order valence-electron chi connectivity index (χ2n) is 6.01. The van der Waals surface area contributed by atoms with E-state index in [2.05, 4.69) is 11.6 Å². The normalized spacial score (nSPS) is 26.3. The van der Waals surface area contributed by atoms with E-state index >= 15 is 0 Å². The Bertz CT molecular complexity index is 578. The summed E-state index contributed by atoms with van der Waals surface area (Å²) in [6.07, 6.45) is 2.69. The number of ether oxygens (including phenoxy) is 1. The second kappa shape index (κ2) is 5.94. The molecule has 0 amide bonds. The van der Waals surface area contributed by atoms with Crippen molar-refractivity contribution in [3.05, 3.63) is 29.8 Å². The van der Waals surface area contributed by atoms with Crippen molar-refractivity contribution in [1.82, 2.24) is 9.03 Å². The molecule has 5 nitrogen and oxygen atoms in total. The van der Waals surface area contributed by atoms with Crippen LogP contribution in [0.15, 0.2) is 24.3 Å². The molecule has 1 aromatic carbocycles. The monoisotopic (exact) mass is 310 g/mol. The van der Waals surface area contributed by atoms with E-state index in [0.717, 1.165) is 30.6 Å². The first kappa shape index (κ1) is 14.8. The quantitative estimate of drug-likeness (QED) is 0.918. The molecule has 1 fully saturated rings. The molecule has 6 heteroatoms. The topological polar surface area (TPSA) is 58.6 Å². The Kier molecular flexibility index (Phi) is 4.19. The van der Waals surface area contributed by atoms with Crippen LogP contribution < -0.4 is 9.46 Å². The first-order valence-electron chi connectivity index (χ1n) is 7.54. The Morgan fingerprint density at radius 2 is 2.19 bits per heavy atom. The number of nitrogens with one attached hydrogen (secondary N) is 1. The molecular formula is C15H22N2O3S. The first-order chi connectivity index (χ1) is 10.0. The molecule has 3 rings (SSSR count). The number of fused-ring (bicyclic) bond motifs is 1. The van der Waals surface area contributed by atoms with Crippen molar-refractivity contribution in [2.75, 3.05) is 19.6 Å². The number of hydrogen-bond donors (Lipinski definition) is 1. The number of rotatable bonds is 4. The van der Waals surface area contributed by atoms with Crippen LogP contribution in [0, 0.1) is 5.92 Å². The van der Waals surface area contributed by atoms with Crippen LogP contribution in [-0.4, -0.2) is 38.5 Å². The molecule has 0 radical (unpaired) electrons. The van der Waals surface area contributed by atoms with Crippen LogP contribution in [0.3, 0.4) is 0 Å². The van der Waals surface area contributed by atoms with Crippen LogP contribution in [0.5, 0.6) is 5.75 Å². The van der Waals surface area contributed by atoms with Gasteiger partial charge in [0.05, 0.1) is 0 Å². The van der Waals surface area contributed by atoms with Gasteiger partial charge >= 0.3 is 0 Å². The van der Waals surface area contributed by atoms with Crippen LogP contribution in [0.2, 0.25) is 0 Å². The van der Waals surface area contributed by atoms with Gasteiger partial charge in [-0.15, -0.1) is 0 Å². The number of benzene rings is 1. The van der Waals surface area contributed by atoms with Crippen LogP contribution in [-0.2, 0) is 16.6 Å². The fourth-order valence-corrected chi connectivity index (χ4v) is 4.42. The van der Waals surface area contributed by atoms with Crippen molar-refractivity contribution in [3.63, 3.8) is 0 Å². The molecule has 1 saturated heterocycles. The molecular weight excluding hydrogens is 288 g/mol. The van der Waals surface area contributed by atoms with E-state index in [1.165, 1.54) is 0 Å². The van der Waals surface area contributed by atoms with Gasteiger partial charge in [0.1, 0.15) is 11.9 Å². The van der Waals surface area contributed by atoms with Gasteiger partial charge in [-0.3, -0.25) is 0 Å². The summed E-state index contributed by atoms with van der Waals surface area (Å²) in [4.78, 5) is 0. The standard InChI is InChI=1S/C15H22N2O3S/c1-12-5-4-8-17(11-12)21(18,19)16-10-14-9-13-6-2-3-7-15(13)20-14/h2-3,6-7,12,14,16H,4-5,8-11H2,1H3. The van der Waals surface area contributed by atoms with Gasteiger partial charge in [-0.25, -0.2) is 0 Å². The minimum absolute atomic E-state index is 0.112. The largest absolute Gasteiger partial charge is 0.488 e. The summed E-state index contributed by atoms with van der Waals surface area (Å²) in [7, 11) is -3.39.